The summed E-state index contributed by atoms with van der Waals surface area (Å²) in [6, 6.07) is 14.0. The van der Waals surface area contributed by atoms with Crippen LogP contribution in [-0.4, -0.2) is 14.5 Å². The van der Waals surface area contributed by atoms with Crippen molar-refractivity contribution >= 4 is 11.2 Å². The van der Waals surface area contributed by atoms with E-state index in [2.05, 4.69) is 22.1 Å². The molecule has 4 nitrogen and oxygen atoms in total. The van der Waals surface area contributed by atoms with Gasteiger partial charge in [0.1, 0.15) is 5.82 Å². The third-order valence-corrected chi connectivity index (χ3v) is 3.32. The molecule has 4 heteroatoms. The van der Waals surface area contributed by atoms with Crippen LogP contribution in [-0.2, 0) is 13.5 Å². The van der Waals surface area contributed by atoms with Crippen LogP contribution in [0.5, 0.6) is 0 Å². The van der Waals surface area contributed by atoms with E-state index in [4.69, 9.17) is 5.73 Å². The van der Waals surface area contributed by atoms with Gasteiger partial charge in [0.2, 0.25) is 0 Å². The second-order valence-corrected chi connectivity index (χ2v) is 4.67. The quantitative estimate of drug-likeness (QED) is 0.777. The van der Waals surface area contributed by atoms with Gasteiger partial charge in [-0.25, -0.2) is 9.97 Å². The lowest BCUT2D eigenvalue weighted by molar-refractivity contribution is 0.638. The first-order chi connectivity index (χ1) is 9.25. The van der Waals surface area contributed by atoms with Crippen molar-refractivity contribution in [2.75, 3.05) is 0 Å². The fourth-order valence-corrected chi connectivity index (χ4v) is 2.33. The van der Waals surface area contributed by atoms with E-state index in [-0.39, 0.29) is 6.04 Å². The Morgan fingerprint density at radius 1 is 1.16 bits per heavy atom. The molecule has 1 aromatic carbocycles. The van der Waals surface area contributed by atoms with E-state index in [0.29, 0.717) is 0 Å². The number of benzene rings is 1. The fraction of sp³-hybridized carbons (Fsp3) is 0.200. The summed E-state index contributed by atoms with van der Waals surface area (Å²) >= 11 is 0. The minimum atomic E-state index is -0.124. The number of nitrogens with zero attached hydrogens (tertiary/aromatic N) is 3. The van der Waals surface area contributed by atoms with E-state index in [1.807, 2.05) is 41.9 Å². The summed E-state index contributed by atoms with van der Waals surface area (Å²) in [6.45, 7) is 0. The molecule has 0 aliphatic carbocycles. The molecule has 0 aliphatic heterocycles. The molecule has 0 radical (unpaired) electrons. The molecule has 0 bridgehead atoms. The van der Waals surface area contributed by atoms with E-state index >= 15 is 0 Å². The molecule has 0 spiro atoms. The standard InChI is InChI=1S/C15H16N4/c1-19-13-8-5-9-17-14(13)18-15(19)12(16)10-11-6-3-2-4-7-11/h2-9,12H,10,16H2,1H3. The maximum atomic E-state index is 6.28. The van der Waals surface area contributed by atoms with Gasteiger partial charge in [0.05, 0.1) is 11.6 Å². The summed E-state index contributed by atoms with van der Waals surface area (Å²) in [5.74, 6) is 0.873. The van der Waals surface area contributed by atoms with Gasteiger partial charge in [-0.2, -0.15) is 0 Å². The van der Waals surface area contributed by atoms with Gasteiger partial charge in [0.15, 0.2) is 5.65 Å². The van der Waals surface area contributed by atoms with Gasteiger partial charge in [-0.3, -0.25) is 0 Å². The van der Waals surface area contributed by atoms with E-state index in [9.17, 15) is 0 Å². The summed E-state index contributed by atoms with van der Waals surface area (Å²) in [6.07, 6.45) is 2.53. The zero-order valence-corrected chi connectivity index (χ0v) is 10.8. The molecule has 1 unspecified atom stereocenters. The molecule has 19 heavy (non-hydrogen) atoms. The molecular formula is C15H16N4. The monoisotopic (exact) mass is 252 g/mol. The smallest absolute Gasteiger partial charge is 0.177 e. The summed E-state index contributed by atoms with van der Waals surface area (Å²) in [5.41, 5.74) is 9.27. The first kappa shape index (κ1) is 11.9. The molecule has 1 atom stereocenters. The second-order valence-electron chi connectivity index (χ2n) is 4.67. The third-order valence-electron chi connectivity index (χ3n) is 3.32. The Balaban J connectivity index is 1.93. The predicted molar refractivity (Wildman–Crippen MR) is 75.6 cm³/mol. The van der Waals surface area contributed by atoms with E-state index in [1.165, 1.54) is 5.56 Å². The number of imidazole rings is 1. The lowest BCUT2D eigenvalue weighted by Gasteiger charge is -2.11. The van der Waals surface area contributed by atoms with Crippen molar-refractivity contribution in [1.29, 1.82) is 0 Å². The highest BCUT2D eigenvalue weighted by Crippen LogP contribution is 2.19. The highest BCUT2D eigenvalue weighted by molar-refractivity contribution is 5.71. The van der Waals surface area contributed by atoms with E-state index in [1.54, 1.807) is 6.20 Å². The molecule has 2 aromatic heterocycles. The molecule has 0 fully saturated rings. The van der Waals surface area contributed by atoms with Crippen molar-refractivity contribution in [3.63, 3.8) is 0 Å². The lowest BCUT2D eigenvalue weighted by Crippen LogP contribution is -2.17. The SMILES string of the molecule is Cn1c(C(N)Cc2ccccc2)nc2ncccc21. The number of fused-ring (bicyclic) bond motifs is 1. The Kier molecular flexibility index (Phi) is 3.01. The van der Waals surface area contributed by atoms with Crippen molar-refractivity contribution in [1.82, 2.24) is 14.5 Å². The minimum absolute atomic E-state index is 0.124. The van der Waals surface area contributed by atoms with Crippen LogP contribution >= 0.6 is 0 Å². The average Bonchev–Trinajstić information content (AvgIpc) is 2.78. The highest BCUT2D eigenvalue weighted by atomic mass is 15.1. The van der Waals surface area contributed by atoms with Gasteiger partial charge >= 0.3 is 0 Å². The van der Waals surface area contributed by atoms with Crippen LogP contribution in [0.2, 0.25) is 0 Å². The number of hydrogen-bond acceptors (Lipinski definition) is 3. The van der Waals surface area contributed by atoms with Crippen molar-refractivity contribution in [2.24, 2.45) is 12.8 Å². The molecule has 3 aromatic rings. The molecule has 3 rings (SSSR count). The molecule has 0 aliphatic rings. The Morgan fingerprint density at radius 3 is 2.68 bits per heavy atom. The lowest BCUT2D eigenvalue weighted by atomic mass is 10.1. The predicted octanol–water partition coefficient (Wildman–Crippen LogP) is 2.21. The fourth-order valence-electron chi connectivity index (χ4n) is 2.33. The number of hydrogen-bond donors (Lipinski definition) is 1. The van der Waals surface area contributed by atoms with Crippen LogP contribution in [0.1, 0.15) is 17.4 Å². The molecule has 2 heterocycles. The largest absolute Gasteiger partial charge is 0.328 e. The average molecular weight is 252 g/mol. The Morgan fingerprint density at radius 2 is 1.95 bits per heavy atom. The van der Waals surface area contributed by atoms with Crippen LogP contribution in [0.15, 0.2) is 48.7 Å². The summed E-state index contributed by atoms with van der Waals surface area (Å²) in [4.78, 5) is 8.80. The van der Waals surface area contributed by atoms with Crippen LogP contribution in [0.4, 0.5) is 0 Å². The minimum Gasteiger partial charge on any atom is -0.328 e. The molecular weight excluding hydrogens is 236 g/mol. The first-order valence-corrected chi connectivity index (χ1v) is 6.32. The normalized spacial score (nSPS) is 12.7. The van der Waals surface area contributed by atoms with Crippen LogP contribution < -0.4 is 5.73 Å². The number of pyridine rings is 1. The summed E-state index contributed by atoms with van der Waals surface area (Å²) < 4.78 is 2.02. The molecule has 96 valence electrons. The molecule has 0 saturated carbocycles. The Bertz CT molecular complexity index is 688. The van der Waals surface area contributed by atoms with Gasteiger partial charge in [0, 0.05) is 13.2 Å². The number of nitrogens with two attached hydrogens (primary N) is 1. The van der Waals surface area contributed by atoms with Crippen molar-refractivity contribution < 1.29 is 0 Å². The number of aryl methyl sites for hydroxylation is 1. The Hall–Kier alpha value is -2.20. The molecule has 2 N–H and O–H groups in total. The first-order valence-electron chi connectivity index (χ1n) is 6.32. The van der Waals surface area contributed by atoms with Crippen LogP contribution in [0.3, 0.4) is 0 Å². The van der Waals surface area contributed by atoms with Crippen molar-refractivity contribution in [3.8, 4) is 0 Å². The van der Waals surface area contributed by atoms with Crippen molar-refractivity contribution in [3.05, 3.63) is 60.0 Å². The molecule has 0 saturated heterocycles. The molecule has 0 amide bonds. The van der Waals surface area contributed by atoms with E-state index < -0.39 is 0 Å². The Labute approximate surface area is 111 Å². The summed E-state index contributed by atoms with van der Waals surface area (Å²) in [7, 11) is 1.98. The van der Waals surface area contributed by atoms with Gasteiger partial charge in [-0.05, 0) is 24.1 Å². The van der Waals surface area contributed by atoms with E-state index in [0.717, 1.165) is 23.4 Å². The maximum absolute atomic E-state index is 6.28. The van der Waals surface area contributed by atoms with Crippen molar-refractivity contribution in [2.45, 2.75) is 12.5 Å². The van der Waals surface area contributed by atoms with Gasteiger partial charge in [0.25, 0.3) is 0 Å². The number of aromatic nitrogens is 3. The van der Waals surface area contributed by atoms with Crippen LogP contribution in [0, 0.1) is 0 Å². The third kappa shape index (κ3) is 2.22. The van der Waals surface area contributed by atoms with Gasteiger partial charge in [-0.1, -0.05) is 30.3 Å². The van der Waals surface area contributed by atoms with Crippen LogP contribution in [0.25, 0.3) is 11.2 Å². The topological polar surface area (TPSA) is 56.7 Å². The number of rotatable bonds is 3. The summed E-state index contributed by atoms with van der Waals surface area (Å²) in [5, 5.41) is 0. The van der Waals surface area contributed by atoms with Gasteiger partial charge < -0.3 is 10.3 Å². The zero-order valence-electron chi connectivity index (χ0n) is 10.8. The van der Waals surface area contributed by atoms with Gasteiger partial charge in [-0.15, -0.1) is 0 Å². The highest BCUT2D eigenvalue weighted by Gasteiger charge is 2.15. The maximum Gasteiger partial charge on any atom is 0.177 e. The second kappa shape index (κ2) is 4.82. The zero-order chi connectivity index (χ0) is 13.2.